The highest BCUT2D eigenvalue weighted by Gasteiger charge is 2.41. The van der Waals surface area contributed by atoms with E-state index in [9.17, 15) is 14.7 Å². The molecular weight excluding hydrogens is 260 g/mol. The third-order valence-corrected chi connectivity index (χ3v) is 3.72. The first-order valence-corrected chi connectivity index (χ1v) is 6.56. The quantitative estimate of drug-likeness (QED) is 0.819. The fourth-order valence-electron chi connectivity index (χ4n) is 2.57. The standard InChI is InChI=1S/C14H18N2O4/c1-9-10(12(17)20-2)5-6-11(15-9)16-14(13(18)19)7-3-4-8-14/h5-6H,3-4,7-8H2,1-2H3,(H,15,16)(H,18,19). The van der Waals surface area contributed by atoms with Crippen LogP contribution in [0.3, 0.4) is 0 Å². The molecule has 1 saturated carbocycles. The third kappa shape index (κ3) is 2.59. The van der Waals surface area contributed by atoms with E-state index in [1.165, 1.54) is 7.11 Å². The monoisotopic (exact) mass is 278 g/mol. The number of pyridine rings is 1. The van der Waals surface area contributed by atoms with Crippen molar-refractivity contribution in [2.75, 3.05) is 12.4 Å². The summed E-state index contributed by atoms with van der Waals surface area (Å²) in [5, 5.41) is 12.4. The number of methoxy groups -OCH3 is 1. The second-order valence-corrected chi connectivity index (χ2v) is 5.04. The van der Waals surface area contributed by atoms with Crippen molar-refractivity contribution in [1.29, 1.82) is 0 Å². The SMILES string of the molecule is COC(=O)c1ccc(NC2(C(=O)O)CCCC2)nc1C. The fraction of sp³-hybridized carbons (Fsp3) is 0.500. The van der Waals surface area contributed by atoms with E-state index in [0.717, 1.165) is 12.8 Å². The minimum absolute atomic E-state index is 0.383. The van der Waals surface area contributed by atoms with Gasteiger partial charge in [-0.3, -0.25) is 0 Å². The highest BCUT2D eigenvalue weighted by atomic mass is 16.5. The van der Waals surface area contributed by atoms with Gasteiger partial charge in [-0.2, -0.15) is 0 Å². The van der Waals surface area contributed by atoms with Crippen molar-refractivity contribution in [1.82, 2.24) is 4.98 Å². The maximum Gasteiger partial charge on any atom is 0.339 e. The van der Waals surface area contributed by atoms with Gasteiger partial charge in [0, 0.05) is 0 Å². The first-order chi connectivity index (χ1) is 9.48. The van der Waals surface area contributed by atoms with Crippen molar-refractivity contribution in [3.05, 3.63) is 23.4 Å². The van der Waals surface area contributed by atoms with E-state index in [-0.39, 0.29) is 0 Å². The zero-order chi connectivity index (χ0) is 14.8. The number of esters is 1. The Hall–Kier alpha value is -2.11. The molecule has 108 valence electrons. The van der Waals surface area contributed by atoms with Crippen molar-refractivity contribution in [2.45, 2.75) is 38.1 Å². The molecule has 6 heteroatoms. The molecule has 0 amide bonds. The molecule has 0 saturated heterocycles. The number of carbonyl (C=O) groups excluding carboxylic acids is 1. The Bertz CT molecular complexity index is 536. The lowest BCUT2D eigenvalue weighted by Gasteiger charge is -2.26. The molecule has 2 N–H and O–H groups in total. The Labute approximate surface area is 117 Å². The number of carbonyl (C=O) groups is 2. The van der Waals surface area contributed by atoms with Crippen molar-refractivity contribution >= 4 is 17.8 Å². The zero-order valence-corrected chi connectivity index (χ0v) is 11.6. The second kappa shape index (κ2) is 5.48. The van der Waals surface area contributed by atoms with Gasteiger partial charge in [0.2, 0.25) is 0 Å². The lowest BCUT2D eigenvalue weighted by Crippen LogP contribution is -2.43. The van der Waals surface area contributed by atoms with E-state index in [4.69, 9.17) is 0 Å². The number of carboxylic acids is 1. The summed E-state index contributed by atoms with van der Waals surface area (Å²) >= 11 is 0. The highest BCUT2D eigenvalue weighted by Crippen LogP contribution is 2.33. The van der Waals surface area contributed by atoms with Crippen LogP contribution in [0.5, 0.6) is 0 Å². The number of ether oxygens (including phenoxy) is 1. The van der Waals surface area contributed by atoms with Gasteiger partial charge < -0.3 is 15.2 Å². The summed E-state index contributed by atoms with van der Waals surface area (Å²) in [7, 11) is 1.31. The van der Waals surface area contributed by atoms with Gasteiger partial charge in [0.1, 0.15) is 11.4 Å². The molecular formula is C14H18N2O4. The van der Waals surface area contributed by atoms with Crippen LogP contribution in [0, 0.1) is 6.92 Å². The Balaban J connectivity index is 2.24. The van der Waals surface area contributed by atoms with Crippen LogP contribution in [0.25, 0.3) is 0 Å². The molecule has 1 aliphatic carbocycles. The summed E-state index contributed by atoms with van der Waals surface area (Å²) in [5.74, 6) is -0.832. The lowest BCUT2D eigenvalue weighted by molar-refractivity contribution is -0.142. The summed E-state index contributed by atoms with van der Waals surface area (Å²) in [4.78, 5) is 27.2. The second-order valence-electron chi connectivity index (χ2n) is 5.04. The van der Waals surface area contributed by atoms with Crippen LogP contribution in [-0.2, 0) is 9.53 Å². The van der Waals surface area contributed by atoms with E-state index in [1.807, 2.05) is 0 Å². The number of aromatic nitrogens is 1. The number of anilines is 1. The number of nitrogens with zero attached hydrogens (tertiary/aromatic N) is 1. The number of hydrogen-bond acceptors (Lipinski definition) is 5. The van der Waals surface area contributed by atoms with Gasteiger partial charge in [-0.15, -0.1) is 0 Å². The van der Waals surface area contributed by atoms with Crippen LogP contribution in [0.1, 0.15) is 41.7 Å². The summed E-state index contributed by atoms with van der Waals surface area (Å²) in [6, 6.07) is 3.21. The molecule has 0 bridgehead atoms. The molecule has 1 heterocycles. The maximum atomic E-state index is 11.5. The normalized spacial score (nSPS) is 16.7. The lowest BCUT2D eigenvalue weighted by atomic mass is 9.98. The van der Waals surface area contributed by atoms with Gasteiger partial charge in [-0.1, -0.05) is 12.8 Å². The summed E-state index contributed by atoms with van der Waals surface area (Å²) < 4.78 is 4.65. The van der Waals surface area contributed by atoms with E-state index < -0.39 is 17.5 Å². The number of nitrogens with one attached hydrogen (secondary N) is 1. The molecule has 0 aromatic carbocycles. The van der Waals surface area contributed by atoms with Crippen molar-refractivity contribution < 1.29 is 19.4 Å². The zero-order valence-electron chi connectivity index (χ0n) is 11.6. The van der Waals surface area contributed by atoms with Crippen molar-refractivity contribution in [2.24, 2.45) is 0 Å². The van der Waals surface area contributed by atoms with Crippen molar-refractivity contribution in [3.63, 3.8) is 0 Å². The van der Waals surface area contributed by atoms with Crippen LogP contribution in [-0.4, -0.2) is 34.7 Å². The molecule has 1 aromatic rings. The molecule has 2 rings (SSSR count). The molecule has 20 heavy (non-hydrogen) atoms. The predicted octanol–water partition coefficient (Wildman–Crippen LogP) is 1.99. The molecule has 1 aliphatic rings. The predicted molar refractivity (Wildman–Crippen MR) is 72.8 cm³/mol. The topological polar surface area (TPSA) is 88.5 Å². The van der Waals surface area contributed by atoms with Gasteiger partial charge >= 0.3 is 11.9 Å². The molecule has 1 aromatic heterocycles. The smallest absolute Gasteiger partial charge is 0.339 e. The molecule has 0 atom stereocenters. The van der Waals surface area contributed by atoms with Gasteiger partial charge in [0.25, 0.3) is 0 Å². The molecule has 0 aliphatic heterocycles. The highest BCUT2D eigenvalue weighted by molar-refractivity contribution is 5.90. The third-order valence-electron chi connectivity index (χ3n) is 3.72. The van der Waals surface area contributed by atoms with Crippen LogP contribution >= 0.6 is 0 Å². The van der Waals surface area contributed by atoms with E-state index >= 15 is 0 Å². The minimum atomic E-state index is -0.938. The Kier molecular flexibility index (Phi) is 3.92. The van der Waals surface area contributed by atoms with Crippen LogP contribution in [0.2, 0.25) is 0 Å². The fourth-order valence-corrected chi connectivity index (χ4v) is 2.57. The molecule has 0 radical (unpaired) electrons. The average Bonchev–Trinajstić information content (AvgIpc) is 2.88. The molecule has 0 unspecified atom stereocenters. The number of aliphatic carboxylic acids is 1. The minimum Gasteiger partial charge on any atom is -0.480 e. The first-order valence-electron chi connectivity index (χ1n) is 6.56. The van der Waals surface area contributed by atoms with Crippen molar-refractivity contribution in [3.8, 4) is 0 Å². The molecule has 1 fully saturated rings. The van der Waals surface area contributed by atoms with Crippen LogP contribution in [0.4, 0.5) is 5.82 Å². The Morgan fingerprint density at radius 2 is 2.00 bits per heavy atom. The summed E-state index contributed by atoms with van der Waals surface area (Å²) in [6.07, 6.45) is 2.95. The Morgan fingerprint density at radius 1 is 1.35 bits per heavy atom. The maximum absolute atomic E-state index is 11.5. The van der Waals surface area contributed by atoms with Gasteiger partial charge in [-0.25, -0.2) is 14.6 Å². The summed E-state index contributed by atoms with van der Waals surface area (Å²) in [5.41, 5.74) is -0.0408. The first kappa shape index (κ1) is 14.3. The van der Waals surface area contributed by atoms with E-state index in [1.54, 1.807) is 19.1 Å². The summed E-state index contributed by atoms with van der Waals surface area (Å²) in [6.45, 7) is 1.69. The number of aryl methyl sites for hydroxylation is 1. The van der Waals surface area contributed by atoms with E-state index in [0.29, 0.717) is 29.9 Å². The average molecular weight is 278 g/mol. The van der Waals surface area contributed by atoms with E-state index in [2.05, 4.69) is 15.0 Å². The number of carboxylic acid groups (broad SMARTS) is 1. The van der Waals surface area contributed by atoms with Gasteiger partial charge in [-0.05, 0) is 31.9 Å². The van der Waals surface area contributed by atoms with Crippen LogP contribution in [0.15, 0.2) is 12.1 Å². The van der Waals surface area contributed by atoms with Gasteiger partial charge in [0.05, 0.1) is 18.4 Å². The van der Waals surface area contributed by atoms with Gasteiger partial charge in [0.15, 0.2) is 0 Å². The molecule has 0 spiro atoms. The Morgan fingerprint density at radius 3 is 2.50 bits per heavy atom. The largest absolute Gasteiger partial charge is 0.480 e. The number of hydrogen-bond donors (Lipinski definition) is 2. The van der Waals surface area contributed by atoms with Crippen LogP contribution < -0.4 is 5.32 Å². The molecule has 6 nitrogen and oxygen atoms in total. The number of rotatable bonds is 4.